The van der Waals surface area contributed by atoms with Crippen molar-refractivity contribution in [2.45, 2.75) is 10.9 Å². The molecule has 1 heterocycles. The van der Waals surface area contributed by atoms with Crippen molar-refractivity contribution in [3.05, 3.63) is 107 Å². The maximum atomic E-state index is 12.5. The Morgan fingerprint density at radius 3 is 2.42 bits per heavy atom. The molecule has 0 saturated carbocycles. The number of benzene rings is 3. The Morgan fingerprint density at radius 2 is 1.71 bits per heavy atom. The fourth-order valence-electron chi connectivity index (χ4n) is 2.87. The van der Waals surface area contributed by atoms with E-state index in [-0.39, 0.29) is 5.78 Å². The summed E-state index contributed by atoms with van der Waals surface area (Å²) in [4.78, 5) is 12.5. The van der Waals surface area contributed by atoms with Gasteiger partial charge in [-0.3, -0.25) is 4.79 Å². The Balaban J connectivity index is 1.38. The normalized spacial score (nSPS) is 11.0. The summed E-state index contributed by atoms with van der Waals surface area (Å²) in [5.41, 5.74) is 3.40. The lowest BCUT2D eigenvalue weighted by Gasteiger charge is -2.04. The number of carbonyl (C=O) groups is 1. The molecule has 0 bridgehead atoms. The molecule has 0 atom stereocenters. The Kier molecular flexibility index (Phi) is 6.54. The number of ketones is 1. The zero-order chi connectivity index (χ0) is 21.5. The zero-order valence-electron chi connectivity index (χ0n) is 16.9. The van der Waals surface area contributed by atoms with Gasteiger partial charge in [0.05, 0.1) is 13.3 Å². The van der Waals surface area contributed by atoms with Gasteiger partial charge in [-0.05, 0) is 35.4 Å². The van der Waals surface area contributed by atoms with Crippen LogP contribution in [0.5, 0.6) is 5.75 Å². The Hall–Kier alpha value is -3.71. The predicted octanol–water partition coefficient (Wildman–Crippen LogP) is 4.69. The minimum atomic E-state index is 0.0208. The van der Waals surface area contributed by atoms with Gasteiger partial charge in [0.1, 0.15) is 12.1 Å². The molecule has 0 radical (unpaired) electrons. The summed E-state index contributed by atoms with van der Waals surface area (Å²) in [6, 6.07) is 24.6. The maximum absolute atomic E-state index is 12.5. The van der Waals surface area contributed by atoms with Crippen molar-refractivity contribution in [3.8, 4) is 5.75 Å². The molecule has 0 spiro atoms. The van der Waals surface area contributed by atoms with Gasteiger partial charge in [-0.2, -0.15) is 9.78 Å². The van der Waals surface area contributed by atoms with Crippen molar-refractivity contribution >= 4 is 23.8 Å². The standard InChI is InChI=1S/C24H20N4O2S/c1-30-22-13-9-18(10-14-22)15-26-28-17-25-27-24(28)31-16-19-7-11-21(12-8-19)23(29)20-5-3-2-4-6-20/h2-15,17H,16H2,1H3. The van der Waals surface area contributed by atoms with Crippen molar-refractivity contribution in [1.29, 1.82) is 0 Å². The first-order valence-corrected chi connectivity index (χ1v) is 10.6. The molecule has 6 nitrogen and oxygen atoms in total. The number of ether oxygens (including phenoxy) is 1. The van der Waals surface area contributed by atoms with Crippen molar-refractivity contribution in [3.63, 3.8) is 0 Å². The smallest absolute Gasteiger partial charge is 0.212 e. The number of hydrogen-bond acceptors (Lipinski definition) is 6. The number of aromatic nitrogens is 3. The van der Waals surface area contributed by atoms with Gasteiger partial charge in [-0.25, -0.2) is 0 Å². The van der Waals surface area contributed by atoms with E-state index in [9.17, 15) is 4.79 Å². The highest BCUT2D eigenvalue weighted by atomic mass is 32.2. The molecule has 0 unspecified atom stereocenters. The van der Waals surface area contributed by atoms with E-state index in [2.05, 4.69) is 15.3 Å². The molecular formula is C24H20N4O2S. The van der Waals surface area contributed by atoms with Crippen molar-refractivity contribution in [2.24, 2.45) is 5.10 Å². The predicted molar refractivity (Wildman–Crippen MR) is 122 cm³/mol. The largest absolute Gasteiger partial charge is 0.497 e. The summed E-state index contributed by atoms with van der Waals surface area (Å²) in [6.07, 6.45) is 3.32. The molecule has 0 saturated heterocycles. The van der Waals surface area contributed by atoms with Crippen molar-refractivity contribution in [1.82, 2.24) is 14.9 Å². The third kappa shape index (κ3) is 5.26. The molecule has 3 aromatic carbocycles. The van der Waals surface area contributed by atoms with Gasteiger partial charge in [0, 0.05) is 16.9 Å². The quantitative estimate of drug-likeness (QED) is 0.231. The Bertz CT molecular complexity index is 1170. The van der Waals surface area contributed by atoms with Crippen LogP contribution in [-0.4, -0.2) is 34.0 Å². The molecule has 4 aromatic rings. The summed E-state index contributed by atoms with van der Waals surface area (Å²) >= 11 is 1.53. The number of nitrogens with zero attached hydrogens (tertiary/aromatic N) is 4. The van der Waals surface area contributed by atoms with Crippen LogP contribution in [0.3, 0.4) is 0 Å². The first kappa shape index (κ1) is 20.6. The highest BCUT2D eigenvalue weighted by molar-refractivity contribution is 7.98. The monoisotopic (exact) mass is 428 g/mol. The summed E-state index contributed by atoms with van der Waals surface area (Å²) in [5.74, 6) is 1.51. The lowest BCUT2D eigenvalue weighted by molar-refractivity contribution is 0.103. The van der Waals surface area contributed by atoms with Gasteiger partial charge in [0.15, 0.2) is 5.78 Å². The maximum Gasteiger partial charge on any atom is 0.212 e. The average molecular weight is 429 g/mol. The average Bonchev–Trinajstić information content (AvgIpc) is 3.29. The molecule has 0 aliphatic heterocycles. The van der Waals surface area contributed by atoms with Gasteiger partial charge in [0.2, 0.25) is 5.16 Å². The molecule has 0 aliphatic rings. The Labute approximate surface area is 184 Å². The topological polar surface area (TPSA) is 69.4 Å². The molecule has 1 aromatic heterocycles. The van der Waals surface area contributed by atoms with Crippen LogP contribution < -0.4 is 4.74 Å². The summed E-state index contributed by atoms with van der Waals surface area (Å²) < 4.78 is 6.80. The van der Waals surface area contributed by atoms with E-state index in [1.54, 1.807) is 24.3 Å². The number of carbonyl (C=O) groups excluding carboxylic acids is 1. The van der Waals surface area contributed by atoms with Gasteiger partial charge in [-0.15, -0.1) is 10.2 Å². The third-order valence-corrected chi connectivity index (χ3v) is 5.57. The molecule has 0 aliphatic carbocycles. The molecule has 0 amide bonds. The van der Waals surface area contributed by atoms with Crippen LogP contribution in [-0.2, 0) is 5.75 Å². The SMILES string of the molecule is COc1ccc(C=Nn2cnnc2SCc2ccc(C(=O)c3ccccc3)cc2)cc1. The molecule has 4 rings (SSSR count). The van der Waals surface area contributed by atoms with Gasteiger partial charge in [0.25, 0.3) is 0 Å². The molecule has 31 heavy (non-hydrogen) atoms. The molecule has 0 fully saturated rings. The minimum Gasteiger partial charge on any atom is -0.497 e. The van der Waals surface area contributed by atoms with Crippen LogP contribution in [0, 0.1) is 0 Å². The Morgan fingerprint density at radius 1 is 1.00 bits per heavy atom. The van der Waals surface area contributed by atoms with Crippen molar-refractivity contribution in [2.75, 3.05) is 7.11 Å². The van der Waals surface area contributed by atoms with Gasteiger partial charge < -0.3 is 4.74 Å². The first-order chi connectivity index (χ1) is 15.2. The van der Waals surface area contributed by atoms with Crippen LogP contribution >= 0.6 is 11.8 Å². The third-order valence-electron chi connectivity index (χ3n) is 4.57. The van der Waals surface area contributed by atoms with Crippen LogP contribution in [0.15, 0.2) is 95.4 Å². The second-order valence-corrected chi connectivity index (χ2v) is 7.60. The lowest BCUT2D eigenvalue weighted by Crippen LogP contribution is -2.00. The van der Waals surface area contributed by atoms with E-state index < -0.39 is 0 Å². The summed E-state index contributed by atoms with van der Waals surface area (Å²) in [5, 5.41) is 13.2. The van der Waals surface area contributed by atoms with E-state index in [0.717, 1.165) is 16.9 Å². The van der Waals surface area contributed by atoms with Crippen LogP contribution in [0.25, 0.3) is 0 Å². The van der Waals surface area contributed by atoms with E-state index >= 15 is 0 Å². The second-order valence-electron chi connectivity index (χ2n) is 6.66. The highest BCUT2D eigenvalue weighted by Gasteiger charge is 2.09. The fourth-order valence-corrected chi connectivity index (χ4v) is 3.69. The second kappa shape index (κ2) is 9.86. The molecular weight excluding hydrogens is 408 g/mol. The minimum absolute atomic E-state index is 0.0208. The number of thioether (sulfide) groups is 1. The molecule has 0 N–H and O–H groups in total. The van der Waals surface area contributed by atoms with Gasteiger partial charge >= 0.3 is 0 Å². The first-order valence-electron chi connectivity index (χ1n) is 9.63. The van der Waals surface area contributed by atoms with Crippen LogP contribution in [0.1, 0.15) is 27.0 Å². The van der Waals surface area contributed by atoms with E-state index in [1.165, 1.54) is 11.8 Å². The number of methoxy groups -OCH3 is 1. The van der Waals surface area contributed by atoms with E-state index in [1.807, 2.05) is 78.9 Å². The summed E-state index contributed by atoms with van der Waals surface area (Å²) in [7, 11) is 1.64. The fraction of sp³-hybridized carbons (Fsp3) is 0.0833. The van der Waals surface area contributed by atoms with E-state index in [4.69, 9.17) is 4.74 Å². The number of hydrogen-bond donors (Lipinski definition) is 0. The molecule has 154 valence electrons. The van der Waals surface area contributed by atoms with E-state index in [0.29, 0.717) is 22.0 Å². The number of rotatable bonds is 8. The summed E-state index contributed by atoms with van der Waals surface area (Å²) in [6.45, 7) is 0. The van der Waals surface area contributed by atoms with Crippen LogP contribution in [0.2, 0.25) is 0 Å². The van der Waals surface area contributed by atoms with Crippen LogP contribution in [0.4, 0.5) is 0 Å². The van der Waals surface area contributed by atoms with Gasteiger partial charge in [-0.1, -0.05) is 66.4 Å². The molecule has 7 heteroatoms. The van der Waals surface area contributed by atoms with Crippen molar-refractivity contribution < 1.29 is 9.53 Å². The lowest BCUT2D eigenvalue weighted by atomic mass is 10.0. The zero-order valence-corrected chi connectivity index (χ0v) is 17.7. The highest BCUT2D eigenvalue weighted by Crippen LogP contribution is 2.21.